The van der Waals surface area contributed by atoms with E-state index in [1.165, 1.54) is 28.6 Å². The summed E-state index contributed by atoms with van der Waals surface area (Å²) < 4.78 is 33.1. The van der Waals surface area contributed by atoms with Gasteiger partial charge in [-0.1, -0.05) is 42.5 Å². The number of amides is 2. The second-order valence-electron chi connectivity index (χ2n) is 7.83. The largest absolute Gasteiger partial charge is 0.452 e. The van der Waals surface area contributed by atoms with E-state index < -0.39 is 34.4 Å². The summed E-state index contributed by atoms with van der Waals surface area (Å²) in [6, 6.07) is 20.6. The molecule has 3 aromatic carbocycles. The van der Waals surface area contributed by atoms with Gasteiger partial charge in [0.1, 0.15) is 0 Å². The van der Waals surface area contributed by atoms with Crippen LogP contribution in [0.5, 0.6) is 0 Å². The van der Waals surface area contributed by atoms with Crippen LogP contribution in [0.1, 0.15) is 33.2 Å². The Morgan fingerprint density at radius 3 is 2.38 bits per heavy atom. The van der Waals surface area contributed by atoms with E-state index in [0.29, 0.717) is 12.1 Å². The van der Waals surface area contributed by atoms with E-state index in [1.807, 2.05) is 19.1 Å². The third-order valence-electron chi connectivity index (χ3n) is 5.39. The third kappa shape index (κ3) is 4.69. The van der Waals surface area contributed by atoms with E-state index in [2.05, 4.69) is 5.32 Å². The summed E-state index contributed by atoms with van der Waals surface area (Å²) in [7, 11) is -3.93. The maximum Gasteiger partial charge on any atom is 0.338 e. The number of hydrogen-bond donors (Lipinski definition) is 1. The maximum absolute atomic E-state index is 13.4. The number of benzene rings is 3. The Hall–Kier alpha value is -3.98. The highest BCUT2D eigenvalue weighted by atomic mass is 32.2. The van der Waals surface area contributed by atoms with Gasteiger partial charge in [0.2, 0.25) is 0 Å². The molecule has 9 heteroatoms. The highest BCUT2D eigenvalue weighted by molar-refractivity contribution is 7.92. The molecule has 3 aromatic rings. The van der Waals surface area contributed by atoms with Crippen LogP contribution in [0, 0.1) is 0 Å². The molecule has 0 aromatic heterocycles. The zero-order chi connectivity index (χ0) is 24.3. The molecule has 1 aliphatic rings. The number of hydrogen-bond acceptors (Lipinski definition) is 6. The van der Waals surface area contributed by atoms with E-state index in [1.54, 1.807) is 42.5 Å². The van der Waals surface area contributed by atoms with Crippen molar-refractivity contribution in [2.75, 3.05) is 10.9 Å². The smallest absolute Gasteiger partial charge is 0.338 e. The second-order valence-corrected chi connectivity index (χ2v) is 9.64. The van der Waals surface area contributed by atoms with Crippen molar-refractivity contribution in [3.05, 3.63) is 95.6 Å². The van der Waals surface area contributed by atoms with E-state index in [4.69, 9.17) is 4.74 Å². The highest BCUT2D eigenvalue weighted by Crippen LogP contribution is 2.36. The molecule has 2 amide bonds. The number of carbonyl (C=O) groups excluding carboxylic acids is 3. The minimum absolute atomic E-state index is 0.0246. The molecule has 1 N–H and O–H groups in total. The van der Waals surface area contributed by atoms with Gasteiger partial charge < -0.3 is 4.74 Å². The first-order chi connectivity index (χ1) is 16.3. The number of esters is 1. The van der Waals surface area contributed by atoms with Gasteiger partial charge in [0.05, 0.1) is 16.1 Å². The maximum atomic E-state index is 13.4. The zero-order valence-electron chi connectivity index (χ0n) is 18.3. The average molecular weight is 479 g/mol. The van der Waals surface area contributed by atoms with Crippen molar-refractivity contribution >= 4 is 33.5 Å². The number of fused-ring (bicyclic) bond motifs is 1. The summed E-state index contributed by atoms with van der Waals surface area (Å²) in [5.74, 6) is -2.29. The number of ether oxygens (including phenoxy) is 1. The lowest BCUT2D eigenvalue weighted by molar-refractivity contribution is -0.123. The lowest BCUT2D eigenvalue weighted by atomic mass is 10.1. The Kier molecular flexibility index (Phi) is 6.47. The van der Waals surface area contributed by atoms with Gasteiger partial charge in [-0.05, 0) is 55.3 Å². The fraction of sp³-hybridized carbons (Fsp3) is 0.160. The number of anilines is 1. The Labute approximate surface area is 197 Å². The van der Waals surface area contributed by atoms with Gasteiger partial charge in [0, 0.05) is 11.6 Å². The van der Waals surface area contributed by atoms with Gasteiger partial charge in [-0.25, -0.2) is 13.2 Å². The van der Waals surface area contributed by atoms with Crippen LogP contribution in [-0.2, 0) is 26.0 Å². The third-order valence-corrected chi connectivity index (χ3v) is 7.32. The summed E-state index contributed by atoms with van der Waals surface area (Å²) in [5, 5.41) is 2.13. The number of nitrogens with one attached hydrogen (secondary N) is 1. The van der Waals surface area contributed by atoms with Crippen LogP contribution in [0.4, 0.5) is 5.69 Å². The quantitative estimate of drug-likeness (QED) is 0.546. The second kappa shape index (κ2) is 9.48. The molecule has 8 nitrogen and oxygen atoms in total. The average Bonchev–Trinajstić information content (AvgIpc) is 3.19. The van der Waals surface area contributed by atoms with Gasteiger partial charge in [0.15, 0.2) is 6.61 Å². The van der Waals surface area contributed by atoms with E-state index in [0.717, 1.165) is 5.56 Å². The van der Waals surface area contributed by atoms with E-state index in [-0.39, 0.29) is 22.1 Å². The van der Waals surface area contributed by atoms with Crippen LogP contribution in [-0.4, -0.2) is 38.9 Å². The van der Waals surface area contributed by atoms with Gasteiger partial charge >= 0.3 is 5.97 Å². The van der Waals surface area contributed by atoms with Crippen molar-refractivity contribution in [1.82, 2.24) is 5.32 Å². The molecule has 0 spiro atoms. The molecule has 0 aliphatic carbocycles. The number of para-hydroxylation sites is 1. The van der Waals surface area contributed by atoms with Crippen molar-refractivity contribution < 1.29 is 27.5 Å². The fourth-order valence-electron chi connectivity index (χ4n) is 3.84. The topological polar surface area (TPSA) is 110 Å². The predicted molar refractivity (Wildman–Crippen MR) is 125 cm³/mol. The minimum atomic E-state index is -3.93. The number of carbonyl (C=O) groups is 3. The standard InChI is InChI=1S/C25H22N2O6S/c1-17-14-19-10-5-6-13-22(19)27(17)34(31,32)21-12-7-11-20(15-21)25(30)33-16-23(28)26-24(29)18-8-3-2-4-9-18/h2-13,15,17H,14,16H2,1H3,(H,26,28,29). The monoisotopic (exact) mass is 478 g/mol. The molecule has 34 heavy (non-hydrogen) atoms. The molecule has 1 atom stereocenters. The zero-order valence-corrected chi connectivity index (χ0v) is 19.1. The molecule has 1 unspecified atom stereocenters. The van der Waals surface area contributed by atoms with Gasteiger partial charge in [-0.15, -0.1) is 0 Å². The first-order valence-corrected chi connectivity index (χ1v) is 12.0. The van der Waals surface area contributed by atoms with Crippen LogP contribution in [0.3, 0.4) is 0 Å². The molecule has 4 rings (SSSR count). The Bertz CT molecular complexity index is 1350. The molecule has 0 radical (unpaired) electrons. The van der Waals surface area contributed by atoms with Crippen LogP contribution in [0.2, 0.25) is 0 Å². The van der Waals surface area contributed by atoms with Crippen molar-refractivity contribution in [3.63, 3.8) is 0 Å². The molecule has 0 bridgehead atoms. The van der Waals surface area contributed by atoms with Crippen LogP contribution in [0.15, 0.2) is 83.8 Å². The van der Waals surface area contributed by atoms with E-state index in [9.17, 15) is 22.8 Å². The first kappa shape index (κ1) is 23.2. The van der Waals surface area contributed by atoms with Gasteiger partial charge in [-0.2, -0.15) is 0 Å². The molecule has 174 valence electrons. The van der Waals surface area contributed by atoms with Gasteiger partial charge in [-0.3, -0.25) is 19.2 Å². The van der Waals surface area contributed by atoms with Crippen molar-refractivity contribution in [2.45, 2.75) is 24.3 Å². The summed E-state index contributed by atoms with van der Waals surface area (Å²) >= 11 is 0. The van der Waals surface area contributed by atoms with Gasteiger partial charge in [0.25, 0.3) is 21.8 Å². The van der Waals surface area contributed by atoms with Crippen molar-refractivity contribution in [1.29, 1.82) is 0 Å². The molecular weight excluding hydrogens is 456 g/mol. The van der Waals surface area contributed by atoms with Crippen molar-refractivity contribution in [3.8, 4) is 0 Å². The summed E-state index contributed by atoms with van der Waals surface area (Å²) in [6.07, 6.45) is 0.591. The predicted octanol–water partition coefficient (Wildman–Crippen LogP) is 2.94. The Morgan fingerprint density at radius 1 is 0.941 bits per heavy atom. The number of rotatable bonds is 6. The molecular formula is C25H22N2O6S. The number of imide groups is 1. The van der Waals surface area contributed by atoms with Crippen LogP contribution >= 0.6 is 0 Å². The fourth-order valence-corrected chi connectivity index (χ4v) is 5.58. The lowest BCUT2D eigenvalue weighted by Crippen LogP contribution is -2.36. The van der Waals surface area contributed by atoms with Crippen LogP contribution in [0.25, 0.3) is 0 Å². The summed E-state index contributed by atoms with van der Waals surface area (Å²) in [4.78, 5) is 36.4. The first-order valence-electron chi connectivity index (χ1n) is 10.6. The van der Waals surface area contributed by atoms with Crippen molar-refractivity contribution in [2.24, 2.45) is 0 Å². The van der Waals surface area contributed by atoms with Crippen LogP contribution < -0.4 is 9.62 Å². The molecule has 1 heterocycles. The summed E-state index contributed by atoms with van der Waals surface area (Å²) in [6.45, 7) is 1.13. The molecule has 0 saturated carbocycles. The highest BCUT2D eigenvalue weighted by Gasteiger charge is 2.36. The minimum Gasteiger partial charge on any atom is -0.452 e. The Morgan fingerprint density at radius 2 is 1.62 bits per heavy atom. The molecule has 1 aliphatic heterocycles. The normalized spacial score (nSPS) is 14.9. The SMILES string of the molecule is CC1Cc2ccccc2N1S(=O)(=O)c1cccc(C(=O)OCC(=O)NC(=O)c2ccccc2)c1. The lowest BCUT2D eigenvalue weighted by Gasteiger charge is -2.24. The number of nitrogens with zero attached hydrogens (tertiary/aromatic N) is 1. The van der Waals surface area contributed by atoms with E-state index >= 15 is 0 Å². The summed E-state index contributed by atoms with van der Waals surface area (Å²) in [5.41, 5.74) is 1.81. The number of sulfonamides is 1. The molecule has 0 fully saturated rings. The Balaban J connectivity index is 1.44. The molecule has 0 saturated heterocycles.